The highest BCUT2D eigenvalue weighted by atomic mass is 32.1. The van der Waals surface area contributed by atoms with Crippen LogP contribution in [0.2, 0.25) is 0 Å². The molecule has 2 aliphatic rings. The molecule has 1 amide bonds. The van der Waals surface area contributed by atoms with E-state index in [9.17, 15) is 9.59 Å². The average Bonchev–Trinajstić information content (AvgIpc) is 3.40. The number of carbonyl (C=O) groups excluding carboxylic acids is 2. The number of aliphatic imine (C=N–C) groups is 1. The summed E-state index contributed by atoms with van der Waals surface area (Å²) in [6.45, 7) is 8.46. The van der Waals surface area contributed by atoms with Gasteiger partial charge in [0.05, 0.1) is 11.6 Å². The van der Waals surface area contributed by atoms with Crippen molar-refractivity contribution in [2.24, 2.45) is 4.99 Å². The number of Topliss-reactive ketones (excluding diaryl/α,β-unsaturated/α-hetero) is 1. The standard InChI is InChI=1S/C26H34N6O2S/c1-17(4-8-29-26(34)24-18(2)23(33)14-30-19(24)3)32-9-5-22(6-10-32)31-25(20-7-11-35-15-20)21-12-27-16-28-13-21/h7,11-13,15-17,22,25,31H,4-6,8-10,14H2,1-3H3,(H,29,34). The smallest absolute Gasteiger partial charge is 0.253 e. The Labute approximate surface area is 211 Å². The third kappa shape index (κ3) is 6.28. The van der Waals surface area contributed by atoms with Crippen molar-refractivity contribution in [1.82, 2.24) is 25.5 Å². The van der Waals surface area contributed by atoms with Crippen molar-refractivity contribution in [2.45, 2.75) is 58.2 Å². The molecule has 2 atom stereocenters. The van der Waals surface area contributed by atoms with E-state index >= 15 is 0 Å². The van der Waals surface area contributed by atoms with Crippen LogP contribution in [0.3, 0.4) is 0 Å². The Morgan fingerprint density at radius 1 is 1.20 bits per heavy atom. The van der Waals surface area contributed by atoms with Crippen LogP contribution in [0, 0.1) is 0 Å². The van der Waals surface area contributed by atoms with Gasteiger partial charge in [-0.05, 0) is 75.5 Å². The lowest BCUT2D eigenvalue weighted by molar-refractivity contribution is -0.118. The van der Waals surface area contributed by atoms with Crippen LogP contribution in [-0.4, -0.2) is 70.5 Å². The molecule has 0 aliphatic carbocycles. The van der Waals surface area contributed by atoms with Crippen LogP contribution < -0.4 is 10.6 Å². The van der Waals surface area contributed by atoms with E-state index in [1.54, 1.807) is 31.5 Å². The van der Waals surface area contributed by atoms with Crippen LogP contribution in [0.15, 0.2) is 51.7 Å². The summed E-state index contributed by atoms with van der Waals surface area (Å²) in [7, 11) is 0. The molecule has 0 bridgehead atoms. The van der Waals surface area contributed by atoms with Crippen LogP contribution in [0.1, 0.15) is 57.2 Å². The normalized spacial score (nSPS) is 19.4. The second kappa shape index (κ2) is 11.8. The minimum absolute atomic E-state index is 0.0772. The number of hydrogen-bond acceptors (Lipinski definition) is 8. The number of nitrogens with one attached hydrogen (secondary N) is 2. The van der Waals surface area contributed by atoms with Gasteiger partial charge < -0.3 is 15.5 Å². The fourth-order valence-electron chi connectivity index (χ4n) is 4.83. The number of amides is 1. The van der Waals surface area contributed by atoms with E-state index in [2.05, 4.69) is 54.2 Å². The van der Waals surface area contributed by atoms with Crippen molar-refractivity contribution in [2.75, 3.05) is 26.2 Å². The molecule has 0 spiro atoms. The Bertz CT molecular complexity index is 1070. The van der Waals surface area contributed by atoms with E-state index in [0.717, 1.165) is 37.9 Å². The molecule has 186 valence electrons. The number of piperidine rings is 1. The van der Waals surface area contributed by atoms with Gasteiger partial charge in [-0.2, -0.15) is 11.3 Å². The lowest BCUT2D eigenvalue weighted by Gasteiger charge is -2.37. The topological polar surface area (TPSA) is 99.6 Å². The predicted octanol–water partition coefficient (Wildman–Crippen LogP) is 2.94. The van der Waals surface area contributed by atoms with Crippen LogP contribution in [-0.2, 0) is 9.59 Å². The summed E-state index contributed by atoms with van der Waals surface area (Å²) in [5, 5.41) is 11.1. The second-order valence-corrected chi connectivity index (χ2v) is 10.1. The zero-order valence-corrected chi connectivity index (χ0v) is 21.5. The Morgan fingerprint density at radius 3 is 2.63 bits per heavy atom. The molecule has 4 heterocycles. The molecule has 35 heavy (non-hydrogen) atoms. The molecule has 0 saturated carbocycles. The van der Waals surface area contributed by atoms with Crippen molar-refractivity contribution in [3.05, 3.63) is 57.8 Å². The summed E-state index contributed by atoms with van der Waals surface area (Å²) < 4.78 is 0. The lowest BCUT2D eigenvalue weighted by atomic mass is 9.97. The number of nitrogens with zero attached hydrogens (tertiary/aromatic N) is 4. The van der Waals surface area contributed by atoms with Gasteiger partial charge >= 0.3 is 0 Å². The minimum Gasteiger partial charge on any atom is -0.352 e. The lowest BCUT2D eigenvalue weighted by Crippen LogP contribution is -2.47. The van der Waals surface area contributed by atoms with E-state index in [1.807, 2.05) is 12.4 Å². The highest BCUT2D eigenvalue weighted by Crippen LogP contribution is 2.26. The van der Waals surface area contributed by atoms with Crippen molar-refractivity contribution in [1.29, 1.82) is 0 Å². The number of carbonyl (C=O) groups is 2. The Morgan fingerprint density at radius 2 is 1.94 bits per heavy atom. The van der Waals surface area contributed by atoms with Crippen molar-refractivity contribution >= 4 is 28.7 Å². The number of rotatable bonds is 9. The van der Waals surface area contributed by atoms with Crippen LogP contribution in [0.25, 0.3) is 0 Å². The fraction of sp³-hybridized carbons (Fsp3) is 0.500. The SMILES string of the molecule is CC1=NCC(=O)C(C)=C1C(=O)NCCC(C)N1CCC(NC(c2cncnc2)c2ccsc2)CC1. The Hall–Kier alpha value is -2.75. The van der Waals surface area contributed by atoms with Gasteiger partial charge in [0.1, 0.15) is 12.9 Å². The second-order valence-electron chi connectivity index (χ2n) is 9.36. The summed E-state index contributed by atoms with van der Waals surface area (Å²) in [6, 6.07) is 3.05. The summed E-state index contributed by atoms with van der Waals surface area (Å²) >= 11 is 1.70. The van der Waals surface area contributed by atoms with E-state index in [4.69, 9.17) is 0 Å². The third-order valence-corrected chi connectivity index (χ3v) is 7.74. The number of ketones is 1. The van der Waals surface area contributed by atoms with Crippen LogP contribution in [0.5, 0.6) is 0 Å². The molecular formula is C26H34N6O2S. The summed E-state index contributed by atoms with van der Waals surface area (Å²) in [5.74, 6) is -0.275. The van der Waals surface area contributed by atoms with Crippen LogP contribution in [0.4, 0.5) is 0 Å². The molecule has 2 N–H and O–H groups in total. The molecule has 9 heteroatoms. The zero-order chi connectivity index (χ0) is 24.8. The van der Waals surface area contributed by atoms with Gasteiger partial charge in [0.2, 0.25) is 0 Å². The number of hydrogen-bond donors (Lipinski definition) is 2. The summed E-state index contributed by atoms with van der Waals surface area (Å²) in [4.78, 5) is 39.7. The first kappa shape index (κ1) is 25.3. The number of likely N-dealkylation sites (tertiary alicyclic amines) is 1. The van der Waals surface area contributed by atoms with Gasteiger partial charge in [-0.25, -0.2) is 9.97 Å². The molecule has 1 fully saturated rings. The number of dihydropyridines is 1. The van der Waals surface area contributed by atoms with E-state index in [-0.39, 0.29) is 24.3 Å². The molecule has 2 aliphatic heterocycles. The quantitative estimate of drug-likeness (QED) is 0.556. The van der Waals surface area contributed by atoms with Gasteiger partial charge in [0.15, 0.2) is 5.78 Å². The molecule has 4 rings (SSSR count). The monoisotopic (exact) mass is 494 g/mol. The highest BCUT2D eigenvalue weighted by Gasteiger charge is 2.27. The first-order valence-electron chi connectivity index (χ1n) is 12.2. The third-order valence-electron chi connectivity index (χ3n) is 7.04. The largest absolute Gasteiger partial charge is 0.352 e. The molecule has 0 aromatic carbocycles. The van der Waals surface area contributed by atoms with Crippen LogP contribution >= 0.6 is 11.3 Å². The van der Waals surface area contributed by atoms with Crippen molar-refractivity contribution < 1.29 is 9.59 Å². The maximum atomic E-state index is 12.7. The molecular weight excluding hydrogens is 460 g/mol. The van der Waals surface area contributed by atoms with Gasteiger partial charge in [0, 0.05) is 47.9 Å². The Balaban J connectivity index is 1.25. The van der Waals surface area contributed by atoms with E-state index in [1.165, 1.54) is 5.56 Å². The molecule has 2 aromatic heterocycles. The van der Waals surface area contributed by atoms with E-state index in [0.29, 0.717) is 35.5 Å². The molecule has 1 saturated heterocycles. The first-order valence-corrected chi connectivity index (χ1v) is 13.2. The zero-order valence-electron chi connectivity index (χ0n) is 20.7. The number of thiophene rings is 1. The summed E-state index contributed by atoms with van der Waals surface area (Å²) in [6.07, 6.45) is 8.34. The Kier molecular flexibility index (Phi) is 8.54. The molecule has 2 aromatic rings. The predicted molar refractivity (Wildman–Crippen MR) is 139 cm³/mol. The average molecular weight is 495 g/mol. The van der Waals surface area contributed by atoms with Gasteiger partial charge in [-0.3, -0.25) is 14.6 Å². The minimum atomic E-state index is -0.198. The maximum absolute atomic E-state index is 12.7. The first-order chi connectivity index (χ1) is 16.9. The van der Waals surface area contributed by atoms with Gasteiger partial charge in [-0.15, -0.1) is 0 Å². The fourth-order valence-corrected chi connectivity index (χ4v) is 5.51. The molecule has 8 nitrogen and oxygen atoms in total. The summed E-state index contributed by atoms with van der Waals surface area (Å²) in [5.41, 5.74) is 3.93. The van der Waals surface area contributed by atoms with Gasteiger partial charge in [-0.1, -0.05) is 0 Å². The highest BCUT2D eigenvalue weighted by molar-refractivity contribution is 7.08. The van der Waals surface area contributed by atoms with Crippen molar-refractivity contribution in [3.8, 4) is 0 Å². The number of aromatic nitrogens is 2. The molecule has 0 radical (unpaired) electrons. The van der Waals surface area contributed by atoms with Gasteiger partial charge in [0.25, 0.3) is 5.91 Å². The maximum Gasteiger partial charge on any atom is 0.253 e. The van der Waals surface area contributed by atoms with Crippen molar-refractivity contribution in [3.63, 3.8) is 0 Å². The molecule has 2 unspecified atom stereocenters. The van der Waals surface area contributed by atoms with E-state index < -0.39 is 0 Å².